The maximum atomic E-state index is 12.0. The molecule has 170 valence electrons. The van der Waals surface area contributed by atoms with Crippen LogP contribution in [0.25, 0.3) is 0 Å². The van der Waals surface area contributed by atoms with Crippen LogP contribution in [0.15, 0.2) is 48.5 Å². The van der Waals surface area contributed by atoms with Crippen LogP contribution < -0.4 is 20.1 Å². The van der Waals surface area contributed by atoms with Crippen LogP contribution in [-0.4, -0.2) is 25.8 Å². The van der Waals surface area contributed by atoms with Gasteiger partial charge in [-0.25, -0.2) is 4.79 Å². The van der Waals surface area contributed by atoms with Gasteiger partial charge in [0.1, 0.15) is 18.1 Å². The molecule has 0 atom stereocenters. The number of urea groups is 1. The van der Waals surface area contributed by atoms with Gasteiger partial charge < -0.3 is 20.1 Å². The molecule has 0 aromatic heterocycles. The highest BCUT2D eigenvalue weighted by Gasteiger charge is 2.03. The van der Waals surface area contributed by atoms with E-state index in [0.717, 1.165) is 35.8 Å². The fourth-order valence-corrected chi connectivity index (χ4v) is 3.28. The number of benzene rings is 2. The van der Waals surface area contributed by atoms with Crippen LogP contribution in [0.4, 0.5) is 10.5 Å². The first-order chi connectivity index (χ1) is 15.2. The lowest BCUT2D eigenvalue weighted by Crippen LogP contribution is -2.32. The Kier molecular flexibility index (Phi) is 12.0. The molecule has 0 aliphatic carbocycles. The summed E-state index contributed by atoms with van der Waals surface area (Å²) in [4.78, 5) is 12.0. The maximum absolute atomic E-state index is 12.0. The fourth-order valence-electron chi connectivity index (χ4n) is 3.28. The molecule has 31 heavy (non-hydrogen) atoms. The van der Waals surface area contributed by atoms with Crippen molar-refractivity contribution in [2.75, 3.05) is 25.1 Å². The van der Waals surface area contributed by atoms with Gasteiger partial charge in [-0.15, -0.1) is 0 Å². The molecule has 0 bridgehead atoms. The summed E-state index contributed by atoms with van der Waals surface area (Å²) in [6.07, 6.45) is 10.3. The number of hydrogen-bond acceptors (Lipinski definition) is 3. The molecular formula is C26H38N2O3. The number of hydrogen-bond donors (Lipinski definition) is 2. The smallest absolute Gasteiger partial charge is 0.319 e. The zero-order valence-electron chi connectivity index (χ0n) is 19.1. The van der Waals surface area contributed by atoms with Gasteiger partial charge in [-0.05, 0) is 49.2 Å². The fraction of sp³-hybridized carbons (Fsp3) is 0.500. The molecule has 0 spiro atoms. The van der Waals surface area contributed by atoms with Gasteiger partial charge in [0, 0.05) is 5.69 Å². The number of nitrogens with one attached hydrogen (secondary N) is 2. The van der Waals surface area contributed by atoms with Crippen molar-refractivity contribution in [3.63, 3.8) is 0 Å². The Bertz CT molecular complexity index is 747. The SMILES string of the molecule is CCCCCCCCCCOc1ccc(NC(=O)NCCOc2ccccc2C)cc1. The van der Waals surface area contributed by atoms with Gasteiger partial charge in [0.15, 0.2) is 0 Å². The van der Waals surface area contributed by atoms with Crippen LogP contribution >= 0.6 is 0 Å². The number of para-hydroxylation sites is 1. The van der Waals surface area contributed by atoms with Crippen LogP contribution in [0.3, 0.4) is 0 Å². The summed E-state index contributed by atoms with van der Waals surface area (Å²) in [7, 11) is 0. The largest absolute Gasteiger partial charge is 0.494 e. The molecule has 0 saturated carbocycles. The van der Waals surface area contributed by atoms with Gasteiger partial charge in [0.05, 0.1) is 13.2 Å². The summed E-state index contributed by atoms with van der Waals surface area (Å²) >= 11 is 0. The first-order valence-corrected chi connectivity index (χ1v) is 11.6. The van der Waals surface area contributed by atoms with Crippen LogP contribution in [0, 0.1) is 6.92 Å². The van der Waals surface area contributed by atoms with Gasteiger partial charge in [-0.2, -0.15) is 0 Å². The monoisotopic (exact) mass is 426 g/mol. The lowest BCUT2D eigenvalue weighted by atomic mass is 10.1. The van der Waals surface area contributed by atoms with Gasteiger partial charge in [-0.1, -0.05) is 70.1 Å². The number of carbonyl (C=O) groups excluding carboxylic acids is 1. The minimum Gasteiger partial charge on any atom is -0.494 e. The number of anilines is 1. The van der Waals surface area contributed by atoms with E-state index in [2.05, 4.69) is 17.6 Å². The molecule has 0 radical (unpaired) electrons. The molecule has 0 aliphatic rings. The van der Waals surface area contributed by atoms with Gasteiger partial charge in [-0.3, -0.25) is 0 Å². The second kappa shape index (κ2) is 15.2. The highest BCUT2D eigenvalue weighted by Crippen LogP contribution is 2.17. The normalized spacial score (nSPS) is 10.5. The highest BCUT2D eigenvalue weighted by atomic mass is 16.5. The van der Waals surface area contributed by atoms with E-state index in [4.69, 9.17) is 9.47 Å². The summed E-state index contributed by atoms with van der Waals surface area (Å²) in [5.41, 5.74) is 1.81. The molecule has 5 heteroatoms. The first kappa shape index (κ1) is 24.6. The zero-order chi connectivity index (χ0) is 22.2. The number of aryl methyl sites for hydroxylation is 1. The van der Waals surface area contributed by atoms with E-state index in [1.54, 1.807) is 0 Å². The lowest BCUT2D eigenvalue weighted by Gasteiger charge is -2.11. The van der Waals surface area contributed by atoms with Crippen molar-refractivity contribution < 1.29 is 14.3 Å². The number of amides is 2. The molecule has 2 aromatic rings. The van der Waals surface area contributed by atoms with Gasteiger partial charge in [0.25, 0.3) is 0 Å². The molecule has 0 unspecified atom stereocenters. The highest BCUT2D eigenvalue weighted by molar-refractivity contribution is 5.89. The molecule has 0 heterocycles. The molecule has 2 aromatic carbocycles. The summed E-state index contributed by atoms with van der Waals surface area (Å²) in [5, 5.41) is 5.62. The van der Waals surface area contributed by atoms with E-state index in [1.807, 2.05) is 55.5 Å². The number of rotatable bonds is 15. The van der Waals surface area contributed by atoms with Crippen LogP contribution in [-0.2, 0) is 0 Å². The van der Waals surface area contributed by atoms with Crippen molar-refractivity contribution >= 4 is 11.7 Å². The van der Waals surface area contributed by atoms with E-state index < -0.39 is 0 Å². The molecule has 2 N–H and O–H groups in total. The quantitative estimate of drug-likeness (QED) is 0.311. The van der Waals surface area contributed by atoms with Gasteiger partial charge >= 0.3 is 6.03 Å². The van der Waals surface area contributed by atoms with E-state index in [9.17, 15) is 4.79 Å². The lowest BCUT2D eigenvalue weighted by molar-refractivity contribution is 0.247. The Labute approximate surface area is 187 Å². The van der Waals surface area contributed by atoms with E-state index in [0.29, 0.717) is 13.2 Å². The molecule has 5 nitrogen and oxygen atoms in total. The molecular weight excluding hydrogens is 388 g/mol. The molecule has 0 saturated heterocycles. The van der Waals surface area contributed by atoms with Crippen molar-refractivity contribution in [3.05, 3.63) is 54.1 Å². The number of carbonyl (C=O) groups is 1. The second-order valence-electron chi connectivity index (χ2n) is 7.84. The van der Waals surface area contributed by atoms with Crippen LogP contribution in [0.5, 0.6) is 11.5 Å². The Morgan fingerprint density at radius 1 is 0.806 bits per heavy atom. The van der Waals surface area contributed by atoms with E-state index in [-0.39, 0.29) is 6.03 Å². The summed E-state index contributed by atoms with van der Waals surface area (Å²) in [5.74, 6) is 1.67. The molecule has 0 aliphatic heterocycles. The van der Waals surface area contributed by atoms with Crippen molar-refractivity contribution in [3.8, 4) is 11.5 Å². The van der Waals surface area contributed by atoms with Crippen molar-refractivity contribution in [1.29, 1.82) is 0 Å². The average Bonchev–Trinajstić information content (AvgIpc) is 2.78. The van der Waals surface area contributed by atoms with Crippen LogP contribution in [0.2, 0.25) is 0 Å². The summed E-state index contributed by atoms with van der Waals surface area (Å²) in [6, 6.07) is 15.1. The van der Waals surface area contributed by atoms with Gasteiger partial charge in [0.2, 0.25) is 0 Å². The Morgan fingerprint density at radius 3 is 2.19 bits per heavy atom. The maximum Gasteiger partial charge on any atom is 0.319 e. The summed E-state index contributed by atoms with van der Waals surface area (Å²) < 4.78 is 11.5. The Morgan fingerprint density at radius 2 is 1.48 bits per heavy atom. The summed E-state index contributed by atoms with van der Waals surface area (Å²) in [6.45, 7) is 5.84. The zero-order valence-corrected chi connectivity index (χ0v) is 19.1. The average molecular weight is 427 g/mol. The minimum absolute atomic E-state index is 0.249. The Hall–Kier alpha value is -2.69. The third-order valence-electron chi connectivity index (χ3n) is 5.12. The number of ether oxygens (including phenoxy) is 2. The first-order valence-electron chi connectivity index (χ1n) is 11.6. The van der Waals surface area contributed by atoms with Crippen LogP contribution in [0.1, 0.15) is 63.9 Å². The topological polar surface area (TPSA) is 59.6 Å². The minimum atomic E-state index is -0.249. The third-order valence-corrected chi connectivity index (χ3v) is 5.12. The molecule has 2 amide bonds. The predicted molar refractivity (Wildman–Crippen MR) is 128 cm³/mol. The van der Waals surface area contributed by atoms with Crippen molar-refractivity contribution in [2.45, 2.75) is 65.2 Å². The van der Waals surface area contributed by atoms with E-state index >= 15 is 0 Å². The number of unbranched alkanes of at least 4 members (excludes halogenated alkanes) is 7. The molecule has 0 fully saturated rings. The second-order valence-corrected chi connectivity index (χ2v) is 7.84. The predicted octanol–water partition coefficient (Wildman–Crippen LogP) is 6.72. The third kappa shape index (κ3) is 10.8. The van der Waals surface area contributed by atoms with Crippen molar-refractivity contribution in [1.82, 2.24) is 5.32 Å². The van der Waals surface area contributed by atoms with E-state index in [1.165, 1.54) is 44.9 Å². The van der Waals surface area contributed by atoms with Crippen molar-refractivity contribution in [2.24, 2.45) is 0 Å². The molecule has 2 rings (SSSR count). The standard InChI is InChI=1S/C26H38N2O3/c1-3-4-5-6-7-8-9-12-20-30-24-17-15-23(16-18-24)28-26(29)27-19-21-31-25-14-11-10-13-22(25)2/h10-11,13-18H,3-9,12,19-21H2,1-2H3,(H2,27,28,29). The Balaban J connectivity index is 1.53.